The minimum Gasteiger partial charge on any atom is -0.454 e. The largest absolute Gasteiger partial charge is 0.454 e. The van der Waals surface area contributed by atoms with Gasteiger partial charge in [-0.2, -0.15) is 0 Å². The van der Waals surface area contributed by atoms with Gasteiger partial charge in [0, 0.05) is 15.9 Å². The molecule has 0 aromatic carbocycles. The Morgan fingerprint density at radius 3 is 2.20 bits per heavy atom. The number of rotatable bonds is 3. The Bertz CT molecular complexity index is 112. The summed E-state index contributed by atoms with van der Waals surface area (Å²) < 4.78 is 4.94. The van der Waals surface area contributed by atoms with Gasteiger partial charge in [-0.1, -0.05) is 20.8 Å². The van der Waals surface area contributed by atoms with Crippen molar-refractivity contribution >= 4 is 20.8 Å². The van der Waals surface area contributed by atoms with Crippen molar-refractivity contribution in [3.8, 4) is 0 Å². The molecule has 0 rings (SSSR count). The quantitative estimate of drug-likeness (QED) is 0.668. The van der Waals surface area contributed by atoms with Gasteiger partial charge in [0.2, 0.25) is 0 Å². The molecule has 0 aliphatic rings. The molecule has 2 nitrogen and oxygen atoms in total. The molecule has 10 heavy (non-hydrogen) atoms. The summed E-state index contributed by atoms with van der Waals surface area (Å²) >= 11 is 2.72. The minimum atomic E-state index is -0.368. The third kappa shape index (κ3) is 3.88. The van der Waals surface area contributed by atoms with Gasteiger partial charge in [-0.3, -0.25) is 0 Å². The van der Waals surface area contributed by atoms with Crippen molar-refractivity contribution in [3.63, 3.8) is 0 Å². The molecule has 0 amide bonds. The first-order valence-corrected chi connectivity index (χ1v) is 4.23. The Kier molecular flexibility index (Phi) is 4.69. The first-order valence-electron chi connectivity index (χ1n) is 3.44. The summed E-state index contributed by atoms with van der Waals surface area (Å²) in [5.74, 6) is 0.395. The Morgan fingerprint density at radius 2 is 2.10 bits per heavy atom. The maximum absolute atomic E-state index is 10.4. The lowest BCUT2D eigenvalue weighted by Crippen LogP contribution is -2.19. The number of ether oxygens (including phenoxy) is 1. The molecule has 0 saturated carbocycles. The van der Waals surface area contributed by atoms with Gasteiger partial charge in [0.1, 0.15) is 6.10 Å². The van der Waals surface area contributed by atoms with Crippen LogP contribution in [0.1, 0.15) is 27.2 Å². The highest BCUT2D eigenvalue weighted by Gasteiger charge is 2.13. The molecule has 0 aliphatic heterocycles. The molecule has 0 saturated heterocycles. The van der Waals surface area contributed by atoms with Crippen molar-refractivity contribution in [3.05, 3.63) is 0 Å². The Morgan fingerprint density at radius 1 is 1.60 bits per heavy atom. The monoisotopic (exact) mass is 208 g/mol. The van der Waals surface area contributed by atoms with E-state index in [9.17, 15) is 4.79 Å². The highest BCUT2D eigenvalue weighted by molar-refractivity contribution is 9.18. The number of carbonyl (C=O) groups excluding carboxylic acids is 1. The molecule has 0 fully saturated rings. The average Bonchev–Trinajstić information content (AvgIpc) is 1.81. The fraction of sp³-hybridized carbons (Fsp3) is 0.857. The summed E-state index contributed by atoms with van der Waals surface area (Å²) in [5, 5.41) is 0. The maximum Gasteiger partial charge on any atom is 0.374 e. The lowest BCUT2D eigenvalue weighted by atomic mass is 10.1. The lowest BCUT2D eigenvalue weighted by Gasteiger charge is -2.17. The molecule has 1 atom stereocenters. The van der Waals surface area contributed by atoms with E-state index in [0.29, 0.717) is 5.92 Å². The van der Waals surface area contributed by atoms with E-state index < -0.39 is 0 Å². The molecule has 0 aromatic heterocycles. The molecular weight excluding hydrogens is 196 g/mol. The molecule has 0 aromatic rings. The van der Waals surface area contributed by atoms with Crippen LogP contribution >= 0.6 is 15.9 Å². The summed E-state index contributed by atoms with van der Waals surface area (Å²) in [6, 6.07) is 0. The van der Waals surface area contributed by atoms with Crippen molar-refractivity contribution in [2.24, 2.45) is 5.92 Å². The summed E-state index contributed by atoms with van der Waals surface area (Å²) in [5.41, 5.74) is 0. The molecule has 0 bridgehead atoms. The van der Waals surface area contributed by atoms with Crippen LogP contribution in [0.25, 0.3) is 0 Å². The van der Waals surface area contributed by atoms with E-state index in [0.717, 1.165) is 6.42 Å². The van der Waals surface area contributed by atoms with E-state index in [1.807, 2.05) is 20.8 Å². The van der Waals surface area contributed by atoms with Crippen LogP contribution in [-0.2, 0) is 4.74 Å². The van der Waals surface area contributed by atoms with E-state index in [1.54, 1.807) is 0 Å². The number of halogens is 1. The van der Waals surface area contributed by atoms with Crippen molar-refractivity contribution in [1.82, 2.24) is 0 Å². The predicted molar refractivity (Wildman–Crippen MR) is 44.3 cm³/mol. The van der Waals surface area contributed by atoms with Crippen LogP contribution in [0.3, 0.4) is 0 Å². The fourth-order valence-electron chi connectivity index (χ4n) is 0.810. The first-order chi connectivity index (χ1) is 4.57. The highest BCUT2D eigenvalue weighted by Crippen LogP contribution is 2.12. The minimum absolute atomic E-state index is 0.0480. The molecule has 0 spiro atoms. The topological polar surface area (TPSA) is 26.3 Å². The van der Waals surface area contributed by atoms with Crippen molar-refractivity contribution in [2.75, 3.05) is 0 Å². The molecule has 3 heteroatoms. The summed E-state index contributed by atoms with van der Waals surface area (Å²) in [4.78, 5) is 10.0. The van der Waals surface area contributed by atoms with Crippen LogP contribution < -0.4 is 0 Å². The van der Waals surface area contributed by atoms with Crippen LogP contribution in [-0.4, -0.2) is 11.0 Å². The summed E-state index contributed by atoms with van der Waals surface area (Å²) in [7, 11) is 0. The lowest BCUT2D eigenvalue weighted by molar-refractivity contribution is 0.0911. The highest BCUT2D eigenvalue weighted by atomic mass is 79.9. The molecule has 1 unspecified atom stereocenters. The molecule has 0 N–H and O–H groups in total. The van der Waals surface area contributed by atoms with E-state index >= 15 is 0 Å². The van der Waals surface area contributed by atoms with Gasteiger partial charge in [-0.15, -0.1) is 0 Å². The van der Waals surface area contributed by atoms with Crippen LogP contribution in [0, 0.1) is 5.92 Å². The van der Waals surface area contributed by atoms with Gasteiger partial charge < -0.3 is 4.74 Å². The Hall–Kier alpha value is -0.0500. The molecule has 60 valence electrons. The first kappa shape index (κ1) is 9.95. The normalized spacial score (nSPS) is 13.3. The average molecular weight is 209 g/mol. The SMILES string of the molecule is CCC(OC(=O)Br)C(C)C. The molecule has 0 aliphatic carbocycles. The van der Waals surface area contributed by atoms with Gasteiger partial charge in [0.25, 0.3) is 0 Å². The summed E-state index contributed by atoms with van der Waals surface area (Å²) in [6.45, 7) is 6.06. The standard InChI is InChI=1S/C7H13BrO2/c1-4-6(5(2)3)10-7(8)9/h5-6H,4H2,1-3H3. The zero-order valence-corrected chi connectivity index (χ0v) is 8.14. The summed E-state index contributed by atoms with van der Waals surface area (Å²) in [6.07, 6.45) is 0.918. The van der Waals surface area contributed by atoms with Gasteiger partial charge in [-0.05, 0) is 12.3 Å². The third-order valence-corrected chi connectivity index (χ3v) is 1.58. The number of carbonyl (C=O) groups is 1. The smallest absolute Gasteiger partial charge is 0.374 e. The van der Waals surface area contributed by atoms with E-state index in [1.165, 1.54) is 0 Å². The van der Waals surface area contributed by atoms with Crippen LogP contribution in [0.5, 0.6) is 0 Å². The zero-order chi connectivity index (χ0) is 8.15. The van der Waals surface area contributed by atoms with Gasteiger partial charge in [0.15, 0.2) is 0 Å². The van der Waals surface area contributed by atoms with Crippen molar-refractivity contribution in [2.45, 2.75) is 33.3 Å². The maximum atomic E-state index is 10.4. The van der Waals surface area contributed by atoms with Crippen molar-refractivity contribution in [1.29, 1.82) is 0 Å². The fourth-order valence-corrected chi connectivity index (χ4v) is 1.05. The van der Waals surface area contributed by atoms with Crippen LogP contribution in [0.15, 0.2) is 0 Å². The van der Waals surface area contributed by atoms with E-state index in [-0.39, 0.29) is 11.0 Å². The van der Waals surface area contributed by atoms with Crippen molar-refractivity contribution < 1.29 is 9.53 Å². The Balaban J connectivity index is 3.71. The Labute approximate surface area is 70.1 Å². The third-order valence-electron chi connectivity index (χ3n) is 1.39. The number of hydrogen-bond acceptors (Lipinski definition) is 2. The van der Waals surface area contributed by atoms with Crippen LogP contribution in [0.2, 0.25) is 0 Å². The van der Waals surface area contributed by atoms with E-state index in [2.05, 4.69) is 15.9 Å². The van der Waals surface area contributed by atoms with Gasteiger partial charge in [-0.25, -0.2) is 4.79 Å². The second kappa shape index (κ2) is 4.72. The second-order valence-electron chi connectivity index (χ2n) is 2.55. The number of hydrogen-bond donors (Lipinski definition) is 0. The molecule has 0 radical (unpaired) electrons. The van der Waals surface area contributed by atoms with Gasteiger partial charge >= 0.3 is 4.88 Å². The predicted octanol–water partition coefficient (Wildman–Crippen LogP) is 2.95. The molecular formula is C7H13BrO2. The molecule has 0 heterocycles. The second-order valence-corrected chi connectivity index (χ2v) is 3.19. The van der Waals surface area contributed by atoms with E-state index in [4.69, 9.17) is 4.74 Å². The van der Waals surface area contributed by atoms with Gasteiger partial charge in [0.05, 0.1) is 0 Å². The van der Waals surface area contributed by atoms with Crippen LogP contribution in [0.4, 0.5) is 4.79 Å². The zero-order valence-electron chi connectivity index (χ0n) is 6.56.